The topological polar surface area (TPSA) is 98.4 Å². The number of halogens is 2. The maximum Gasteiger partial charge on any atom is 0.214 e. The largest absolute Gasteiger partial charge is 0.490 e. The minimum Gasteiger partial charge on any atom is -0.490 e. The number of hydrogen-bond acceptors (Lipinski definition) is 6. The molecule has 4 aromatic carbocycles. The maximum atomic E-state index is 14.2. The fourth-order valence-corrected chi connectivity index (χ4v) is 7.72. The first-order chi connectivity index (χ1) is 24.8. The van der Waals surface area contributed by atoms with E-state index in [1.54, 1.807) is 30.3 Å². The van der Waals surface area contributed by atoms with Gasteiger partial charge in [-0.2, -0.15) is 5.10 Å². The summed E-state index contributed by atoms with van der Waals surface area (Å²) >= 11 is 6.71. The Morgan fingerprint density at radius 2 is 1.67 bits per heavy atom. The molecule has 6 aromatic rings. The molecule has 0 radical (unpaired) electrons. The van der Waals surface area contributed by atoms with E-state index in [4.69, 9.17) is 26.8 Å². The number of para-hydroxylation sites is 1. The van der Waals surface area contributed by atoms with E-state index in [-0.39, 0.29) is 29.0 Å². The van der Waals surface area contributed by atoms with Crippen LogP contribution in [-0.4, -0.2) is 50.7 Å². The first-order valence-electron chi connectivity index (χ1n) is 17.6. The number of benzene rings is 4. The van der Waals surface area contributed by atoms with Gasteiger partial charge < -0.3 is 25.1 Å². The van der Waals surface area contributed by atoms with Gasteiger partial charge in [0.2, 0.25) is 5.78 Å². The number of piperidine rings is 1. The van der Waals surface area contributed by atoms with Crippen LogP contribution in [0.2, 0.25) is 5.02 Å². The van der Waals surface area contributed by atoms with Crippen molar-refractivity contribution in [2.75, 3.05) is 18.8 Å². The highest BCUT2D eigenvalue weighted by Crippen LogP contribution is 2.40. The van der Waals surface area contributed by atoms with E-state index < -0.39 is 5.82 Å². The quantitative estimate of drug-likeness (QED) is 0.146. The number of likely N-dealkylation sites (tertiary alicyclic amines) is 1. The van der Waals surface area contributed by atoms with Crippen molar-refractivity contribution in [1.82, 2.24) is 19.7 Å². The molecule has 8 nitrogen and oxygen atoms in total. The number of carbonyl (C=O) groups is 1. The lowest BCUT2D eigenvalue weighted by molar-refractivity contribution is 0.0772. The van der Waals surface area contributed by atoms with Crippen LogP contribution in [0.25, 0.3) is 27.7 Å². The van der Waals surface area contributed by atoms with Gasteiger partial charge in [-0.3, -0.25) is 4.79 Å². The second-order valence-corrected chi connectivity index (χ2v) is 14.0. The molecule has 0 unspecified atom stereocenters. The molecule has 3 heterocycles. The first-order valence-corrected chi connectivity index (χ1v) is 17.9. The number of nitrogens with zero attached hydrogens (tertiary/aromatic N) is 3. The third-order valence-corrected chi connectivity index (χ3v) is 10.6. The summed E-state index contributed by atoms with van der Waals surface area (Å²) in [7, 11) is 0. The average Bonchev–Trinajstić information content (AvgIpc) is 3.91. The summed E-state index contributed by atoms with van der Waals surface area (Å²) in [4.78, 5) is 19.9. The summed E-state index contributed by atoms with van der Waals surface area (Å²) in [5.74, 6) is 0.848. The Hall–Kier alpha value is -5.12. The van der Waals surface area contributed by atoms with Crippen LogP contribution in [-0.2, 0) is 0 Å². The molecule has 2 fully saturated rings. The number of fused-ring (bicyclic) bond motifs is 1. The van der Waals surface area contributed by atoms with Gasteiger partial charge in [-0.1, -0.05) is 54.8 Å². The van der Waals surface area contributed by atoms with Crippen LogP contribution < -0.4 is 15.2 Å². The molecule has 2 aromatic heterocycles. The highest BCUT2D eigenvalue weighted by atomic mass is 35.5. The number of aryl methyl sites for hydroxylation is 1. The Bertz CT molecular complexity index is 2230. The maximum absolute atomic E-state index is 14.2. The zero-order valence-corrected chi connectivity index (χ0v) is 29.1. The SMILES string of the molecule is Cc1cc(-n2ncc(C(=O)c3cc4cc(OC5CCN(C6CCCC6)CC5)c(-c5ccccc5Cl)cc4[nH]3)c2N)ccc1Oc1ccccc1F. The van der Waals surface area contributed by atoms with E-state index in [1.165, 1.54) is 42.6 Å². The molecular formula is C41H39ClFN5O3. The number of anilines is 1. The summed E-state index contributed by atoms with van der Waals surface area (Å²) in [5, 5.41) is 5.92. The van der Waals surface area contributed by atoms with Crippen LogP contribution in [0.3, 0.4) is 0 Å². The molecule has 260 valence electrons. The molecule has 3 N–H and O–H groups in total. The van der Waals surface area contributed by atoms with Crippen LogP contribution in [0.5, 0.6) is 17.2 Å². The molecule has 51 heavy (non-hydrogen) atoms. The Morgan fingerprint density at radius 3 is 2.43 bits per heavy atom. The lowest BCUT2D eigenvalue weighted by atomic mass is 10.0. The second kappa shape index (κ2) is 13.9. The lowest BCUT2D eigenvalue weighted by Gasteiger charge is -2.36. The Labute approximate surface area is 300 Å². The Kier molecular flexibility index (Phi) is 9.00. The van der Waals surface area contributed by atoms with Gasteiger partial charge >= 0.3 is 0 Å². The normalized spacial score (nSPS) is 15.8. The molecule has 1 aliphatic carbocycles. The van der Waals surface area contributed by atoms with Crippen LogP contribution in [0.15, 0.2) is 91.1 Å². The smallest absolute Gasteiger partial charge is 0.214 e. The van der Waals surface area contributed by atoms with Gasteiger partial charge in [-0.25, -0.2) is 9.07 Å². The van der Waals surface area contributed by atoms with Gasteiger partial charge in [0.1, 0.15) is 23.4 Å². The first kappa shape index (κ1) is 33.0. The zero-order valence-electron chi connectivity index (χ0n) is 28.4. The Balaban J connectivity index is 1.06. The van der Waals surface area contributed by atoms with Crippen molar-refractivity contribution >= 4 is 34.1 Å². The van der Waals surface area contributed by atoms with E-state index in [0.29, 0.717) is 28.2 Å². The molecule has 0 bridgehead atoms. The number of nitrogens with two attached hydrogens (primary N) is 1. The van der Waals surface area contributed by atoms with Crippen LogP contribution >= 0.6 is 11.6 Å². The molecule has 0 spiro atoms. The molecule has 1 saturated carbocycles. The van der Waals surface area contributed by atoms with Crippen molar-refractivity contribution in [3.63, 3.8) is 0 Å². The number of ketones is 1. The summed E-state index contributed by atoms with van der Waals surface area (Å²) in [6, 6.07) is 25.9. The standard InChI is InChI=1S/C41H39ClFN5O3/c1-25-20-28(14-15-37(25)51-38-13-7-6-12-34(38)43)48-41(44)32(24-45-48)40(49)36-21-26-22-39(31(23-35(26)46-36)30-10-4-5-11-33(30)42)50-29-16-18-47(19-17-29)27-8-2-3-9-27/h4-7,10-15,20-24,27,29,46H,2-3,8-9,16-19,44H2,1H3. The van der Waals surface area contributed by atoms with Crippen molar-refractivity contribution in [1.29, 1.82) is 0 Å². The predicted octanol–water partition coefficient (Wildman–Crippen LogP) is 9.51. The van der Waals surface area contributed by atoms with Gasteiger partial charge in [-0.05, 0) is 92.8 Å². The van der Waals surface area contributed by atoms with E-state index in [2.05, 4.69) is 15.0 Å². The number of aromatic amines is 1. The molecule has 2 aliphatic rings. The van der Waals surface area contributed by atoms with Crippen LogP contribution in [0, 0.1) is 12.7 Å². The van der Waals surface area contributed by atoms with Gasteiger partial charge in [0.25, 0.3) is 0 Å². The minimum atomic E-state index is -0.448. The third kappa shape index (κ3) is 6.59. The number of rotatable bonds is 9. The number of H-pyrrole nitrogens is 1. The zero-order chi connectivity index (χ0) is 35.1. The number of carbonyl (C=O) groups excluding carboxylic acids is 1. The number of hydrogen-bond donors (Lipinski definition) is 2. The fraction of sp³-hybridized carbons (Fsp3) is 0.268. The number of ether oxygens (including phenoxy) is 2. The highest BCUT2D eigenvalue weighted by Gasteiger charge is 2.29. The van der Waals surface area contributed by atoms with Crippen molar-refractivity contribution in [2.24, 2.45) is 0 Å². The third-order valence-electron chi connectivity index (χ3n) is 10.3. The van der Waals surface area contributed by atoms with Crippen LogP contribution in [0.1, 0.15) is 60.1 Å². The summed E-state index contributed by atoms with van der Waals surface area (Å²) < 4.78 is 28.2. The molecule has 8 rings (SSSR count). The Morgan fingerprint density at radius 1 is 0.902 bits per heavy atom. The van der Waals surface area contributed by atoms with Gasteiger partial charge in [0.15, 0.2) is 11.6 Å². The molecule has 0 atom stereocenters. The van der Waals surface area contributed by atoms with Gasteiger partial charge in [0, 0.05) is 46.2 Å². The minimum absolute atomic E-state index is 0.0933. The van der Waals surface area contributed by atoms with Crippen molar-refractivity contribution < 1.29 is 18.7 Å². The summed E-state index contributed by atoms with van der Waals surface area (Å²) in [6.07, 6.45) is 8.79. The fourth-order valence-electron chi connectivity index (χ4n) is 7.49. The summed E-state index contributed by atoms with van der Waals surface area (Å²) in [6.45, 7) is 3.94. The molecular weight excluding hydrogens is 665 g/mol. The van der Waals surface area contributed by atoms with Crippen molar-refractivity contribution in [3.05, 3.63) is 119 Å². The van der Waals surface area contributed by atoms with E-state index in [9.17, 15) is 9.18 Å². The molecule has 1 saturated heterocycles. The van der Waals surface area contributed by atoms with Crippen molar-refractivity contribution in [2.45, 2.75) is 57.6 Å². The second-order valence-electron chi connectivity index (χ2n) is 13.6. The van der Waals surface area contributed by atoms with Crippen molar-refractivity contribution in [3.8, 4) is 34.1 Å². The van der Waals surface area contributed by atoms with E-state index in [0.717, 1.165) is 59.3 Å². The number of aromatic nitrogens is 3. The lowest BCUT2D eigenvalue weighted by Crippen LogP contribution is -2.43. The van der Waals surface area contributed by atoms with Gasteiger partial charge in [-0.15, -0.1) is 0 Å². The molecule has 1 aliphatic heterocycles. The van der Waals surface area contributed by atoms with Gasteiger partial charge in [0.05, 0.1) is 23.1 Å². The highest BCUT2D eigenvalue weighted by molar-refractivity contribution is 6.33. The average molecular weight is 704 g/mol. The number of nitrogen functional groups attached to an aromatic ring is 1. The summed E-state index contributed by atoms with van der Waals surface area (Å²) in [5.41, 5.74) is 11.1. The van der Waals surface area contributed by atoms with E-state index in [1.807, 2.05) is 55.5 Å². The molecule has 0 amide bonds. The molecule has 10 heteroatoms. The monoisotopic (exact) mass is 703 g/mol. The van der Waals surface area contributed by atoms with Crippen LogP contribution in [0.4, 0.5) is 10.2 Å². The predicted molar refractivity (Wildman–Crippen MR) is 199 cm³/mol. The number of nitrogens with one attached hydrogen (secondary N) is 1. The van der Waals surface area contributed by atoms with E-state index >= 15 is 0 Å².